The lowest BCUT2D eigenvalue weighted by Crippen LogP contribution is -2.36. The second kappa shape index (κ2) is 6.93. The number of benzene rings is 1. The van der Waals surface area contributed by atoms with Crippen LogP contribution in [0.25, 0.3) is 17.1 Å². The van der Waals surface area contributed by atoms with Gasteiger partial charge in [0.1, 0.15) is 17.3 Å². The third kappa shape index (κ3) is 3.64. The summed E-state index contributed by atoms with van der Waals surface area (Å²) in [6.07, 6.45) is -11.1. The second-order valence-electron chi connectivity index (χ2n) is 6.20. The van der Waals surface area contributed by atoms with Crippen LogP contribution in [0, 0.1) is 11.3 Å². The first-order chi connectivity index (χ1) is 14.2. The highest BCUT2D eigenvalue weighted by molar-refractivity contribution is 5.68. The van der Waals surface area contributed by atoms with Gasteiger partial charge in [0.05, 0.1) is 17.4 Å². The average molecular weight is 451 g/mol. The van der Waals surface area contributed by atoms with Gasteiger partial charge in [0.25, 0.3) is 0 Å². The molecule has 2 N–H and O–H groups in total. The number of aromatic nitrogens is 5. The number of rotatable bonds is 3. The molecule has 0 aliphatic carbocycles. The summed E-state index contributed by atoms with van der Waals surface area (Å²) in [6.45, 7) is 0. The van der Waals surface area contributed by atoms with Crippen LogP contribution in [0.5, 0.6) is 0 Å². The van der Waals surface area contributed by atoms with Crippen LogP contribution in [0.4, 0.5) is 40.8 Å². The number of nitrogens with two attached hydrogens (primary N) is 1. The van der Waals surface area contributed by atoms with Crippen molar-refractivity contribution in [2.45, 2.75) is 18.3 Å². The van der Waals surface area contributed by atoms with Crippen molar-refractivity contribution in [2.75, 3.05) is 5.73 Å². The van der Waals surface area contributed by atoms with Crippen LogP contribution in [0.1, 0.15) is 16.8 Å². The molecule has 7 nitrogen and oxygen atoms in total. The Balaban J connectivity index is 2.19. The van der Waals surface area contributed by atoms with E-state index in [2.05, 4.69) is 15.4 Å². The maximum atomic E-state index is 13.8. The van der Waals surface area contributed by atoms with Crippen molar-refractivity contribution < 1.29 is 35.1 Å². The van der Waals surface area contributed by atoms with Gasteiger partial charge in [-0.1, -0.05) is 11.3 Å². The van der Waals surface area contributed by atoms with Crippen LogP contribution in [-0.4, -0.2) is 31.0 Å². The molecule has 15 heteroatoms. The van der Waals surface area contributed by atoms with Crippen LogP contribution in [0.2, 0.25) is 0 Å². The van der Waals surface area contributed by atoms with E-state index in [4.69, 9.17) is 11.0 Å². The summed E-state index contributed by atoms with van der Waals surface area (Å²) < 4.78 is 107. The molecule has 0 saturated carbocycles. The summed E-state index contributed by atoms with van der Waals surface area (Å²) in [6, 6.07) is 5.72. The minimum absolute atomic E-state index is 0.0261. The molecule has 0 atom stereocenters. The fourth-order valence-corrected chi connectivity index (χ4v) is 2.72. The first kappa shape index (κ1) is 22.0. The molecule has 0 aliphatic heterocycles. The second-order valence-corrected chi connectivity index (χ2v) is 6.20. The quantitative estimate of drug-likeness (QED) is 0.483. The predicted molar refractivity (Wildman–Crippen MR) is 87.6 cm³/mol. The van der Waals surface area contributed by atoms with Gasteiger partial charge in [-0.15, -0.1) is 5.10 Å². The van der Waals surface area contributed by atoms with E-state index in [0.717, 1.165) is 13.2 Å². The summed E-state index contributed by atoms with van der Waals surface area (Å²) in [5.41, 5.74) is 1.09. The Morgan fingerprint density at radius 1 is 1.06 bits per heavy atom. The van der Waals surface area contributed by atoms with Crippen LogP contribution >= 0.6 is 0 Å². The Morgan fingerprint density at radius 2 is 1.71 bits per heavy atom. The molecular weight excluding hydrogens is 442 g/mol. The molecule has 0 fully saturated rings. The van der Waals surface area contributed by atoms with Gasteiger partial charge in [-0.2, -0.15) is 45.5 Å². The van der Waals surface area contributed by atoms with Crippen molar-refractivity contribution in [3.8, 4) is 23.1 Å². The fourth-order valence-electron chi connectivity index (χ4n) is 2.72. The molecule has 3 aromatic rings. The van der Waals surface area contributed by atoms with Crippen LogP contribution in [0.15, 0.2) is 24.4 Å². The lowest BCUT2D eigenvalue weighted by molar-refractivity contribution is -0.292. The number of hydrogen-bond donors (Lipinski definition) is 1. The number of hydrogen-bond acceptors (Lipinski definition) is 5. The average Bonchev–Trinajstić information content (AvgIpc) is 3.24. The molecule has 0 spiro atoms. The van der Waals surface area contributed by atoms with Gasteiger partial charge in [-0.25, -0.2) is 9.36 Å². The Bertz CT molecular complexity index is 1180. The lowest BCUT2D eigenvalue weighted by Gasteiger charge is -2.19. The van der Waals surface area contributed by atoms with E-state index in [0.29, 0.717) is 4.68 Å². The van der Waals surface area contributed by atoms with Crippen LogP contribution in [-0.2, 0) is 19.1 Å². The van der Waals surface area contributed by atoms with E-state index < -0.39 is 35.4 Å². The number of nitriles is 1. The van der Waals surface area contributed by atoms with Crippen molar-refractivity contribution in [3.05, 3.63) is 41.2 Å². The van der Waals surface area contributed by atoms with E-state index in [1.807, 2.05) is 0 Å². The molecule has 0 aliphatic rings. The SMILES string of the molecule is Cn1nc(C(F)(F)C(F)(F)F)c(C(F)(F)F)c1-n1cc(-c2ccc(C#N)c(N)c2)nn1. The fraction of sp³-hybridized carbons (Fsp3) is 0.250. The van der Waals surface area contributed by atoms with Crippen molar-refractivity contribution in [3.63, 3.8) is 0 Å². The minimum Gasteiger partial charge on any atom is -0.398 e. The maximum absolute atomic E-state index is 13.8. The van der Waals surface area contributed by atoms with E-state index >= 15 is 0 Å². The molecule has 0 bridgehead atoms. The molecule has 2 heterocycles. The van der Waals surface area contributed by atoms with Gasteiger partial charge in [0, 0.05) is 12.6 Å². The maximum Gasteiger partial charge on any atom is 0.459 e. The highest BCUT2D eigenvalue weighted by Gasteiger charge is 2.64. The summed E-state index contributed by atoms with van der Waals surface area (Å²) in [5.74, 6) is -7.08. The zero-order valence-electron chi connectivity index (χ0n) is 15.1. The van der Waals surface area contributed by atoms with Crippen LogP contribution in [0.3, 0.4) is 0 Å². The minimum atomic E-state index is -6.31. The van der Waals surface area contributed by atoms with Gasteiger partial charge in [0.2, 0.25) is 0 Å². The number of nitrogens with zero attached hydrogens (tertiary/aromatic N) is 6. The zero-order valence-corrected chi connectivity index (χ0v) is 15.1. The summed E-state index contributed by atoms with van der Waals surface area (Å²) in [5, 5.41) is 18.7. The number of anilines is 1. The lowest BCUT2D eigenvalue weighted by atomic mass is 10.1. The molecule has 0 saturated heterocycles. The molecule has 0 amide bonds. The Morgan fingerprint density at radius 3 is 2.23 bits per heavy atom. The summed E-state index contributed by atoms with van der Waals surface area (Å²) in [4.78, 5) is 0. The van der Waals surface area contributed by atoms with Gasteiger partial charge in [0.15, 0.2) is 11.5 Å². The Hall–Kier alpha value is -3.70. The van der Waals surface area contributed by atoms with Gasteiger partial charge >= 0.3 is 18.3 Å². The van der Waals surface area contributed by atoms with Gasteiger partial charge in [-0.3, -0.25) is 0 Å². The first-order valence-electron chi connectivity index (χ1n) is 8.00. The number of nitrogen functional groups attached to an aromatic ring is 1. The highest BCUT2D eigenvalue weighted by Crippen LogP contribution is 2.49. The molecule has 2 aromatic heterocycles. The van der Waals surface area contributed by atoms with Gasteiger partial charge in [-0.05, 0) is 12.1 Å². The number of aryl methyl sites for hydroxylation is 1. The molecule has 31 heavy (non-hydrogen) atoms. The molecule has 3 rings (SSSR count). The topological polar surface area (TPSA) is 98.3 Å². The summed E-state index contributed by atoms with van der Waals surface area (Å²) >= 11 is 0. The van der Waals surface area contributed by atoms with E-state index in [1.54, 1.807) is 6.07 Å². The largest absolute Gasteiger partial charge is 0.459 e. The third-order valence-corrected chi connectivity index (χ3v) is 4.13. The monoisotopic (exact) mass is 451 g/mol. The molecule has 0 radical (unpaired) electrons. The Kier molecular flexibility index (Phi) is 4.91. The van der Waals surface area contributed by atoms with Crippen molar-refractivity contribution >= 4 is 5.69 Å². The van der Waals surface area contributed by atoms with E-state index in [-0.39, 0.29) is 27.2 Å². The standard InChI is InChI=1S/C16H9F8N7/c1-30-13(11(15(19,20)21)12(28-30)14(17,18)16(22,23)24)31-6-10(27-29-31)7-2-3-8(5-25)9(26)4-7/h2-4,6H,26H2,1H3. The summed E-state index contributed by atoms with van der Waals surface area (Å²) in [7, 11) is 0.752. The normalized spacial score (nSPS) is 12.8. The molecule has 0 unspecified atom stereocenters. The number of alkyl halides is 8. The van der Waals surface area contributed by atoms with Gasteiger partial charge < -0.3 is 5.73 Å². The van der Waals surface area contributed by atoms with E-state index in [1.165, 1.54) is 18.2 Å². The zero-order chi connectivity index (χ0) is 23.4. The smallest absolute Gasteiger partial charge is 0.398 e. The molecule has 1 aromatic carbocycles. The van der Waals surface area contributed by atoms with Crippen molar-refractivity contribution in [1.29, 1.82) is 5.26 Å². The third-order valence-electron chi connectivity index (χ3n) is 4.13. The van der Waals surface area contributed by atoms with E-state index in [9.17, 15) is 35.1 Å². The molecular formula is C16H9F8N7. The first-order valence-corrected chi connectivity index (χ1v) is 8.00. The highest BCUT2D eigenvalue weighted by atomic mass is 19.4. The van der Waals surface area contributed by atoms with Crippen molar-refractivity contribution in [1.82, 2.24) is 24.8 Å². The van der Waals surface area contributed by atoms with Crippen LogP contribution < -0.4 is 5.73 Å². The number of halogens is 8. The Labute approximate surface area is 167 Å². The van der Waals surface area contributed by atoms with Crippen molar-refractivity contribution in [2.24, 2.45) is 7.05 Å². The predicted octanol–water partition coefficient (Wildman–Crippen LogP) is 3.79. The molecule has 164 valence electrons.